The molecule has 0 unspecified atom stereocenters. The van der Waals surface area contributed by atoms with Crippen LogP contribution >= 0.6 is 22.9 Å². The van der Waals surface area contributed by atoms with Crippen molar-refractivity contribution in [2.75, 3.05) is 13.1 Å². The fourth-order valence-corrected chi connectivity index (χ4v) is 6.74. The number of carbonyl (C=O) groups excluding carboxylic acids is 2. The highest BCUT2D eigenvalue weighted by atomic mass is 35.5. The summed E-state index contributed by atoms with van der Waals surface area (Å²) in [5.74, 6) is -2.12. The topological polar surface area (TPSA) is 112 Å². The second-order valence-corrected chi connectivity index (χ2v) is 10.7. The first kappa shape index (κ1) is 22.7. The zero-order valence-electron chi connectivity index (χ0n) is 16.4. The largest absolute Gasteiger partial charge is 0.480 e. The first-order valence-corrected chi connectivity index (χ1v) is 12.0. The summed E-state index contributed by atoms with van der Waals surface area (Å²) in [6.07, 6.45) is 0.230. The van der Waals surface area contributed by atoms with Gasteiger partial charge < -0.3 is 10.0 Å². The third-order valence-electron chi connectivity index (χ3n) is 5.13. The Kier molecular flexibility index (Phi) is 6.51. The van der Waals surface area contributed by atoms with Gasteiger partial charge in [-0.05, 0) is 36.9 Å². The second kappa shape index (κ2) is 8.62. The van der Waals surface area contributed by atoms with E-state index in [0.29, 0.717) is 15.1 Å². The fraction of sp³-hybridized carbons (Fsp3) is 0.421. The molecule has 0 saturated carbocycles. The van der Waals surface area contributed by atoms with E-state index in [9.17, 15) is 27.9 Å². The minimum absolute atomic E-state index is 0.00111. The summed E-state index contributed by atoms with van der Waals surface area (Å²) in [4.78, 5) is 37.5. The van der Waals surface area contributed by atoms with E-state index >= 15 is 0 Å². The zero-order valence-corrected chi connectivity index (χ0v) is 18.8. The fourth-order valence-electron chi connectivity index (χ4n) is 3.34. The summed E-state index contributed by atoms with van der Waals surface area (Å²) < 4.78 is 28.5. The van der Waals surface area contributed by atoms with Crippen LogP contribution in [0, 0.1) is 0 Å². The second-order valence-electron chi connectivity index (χ2n) is 7.04. The van der Waals surface area contributed by atoms with Crippen molar-refractivity contribution in [1.29, 1.82) is 0 Å². The normalized spacial score (nSPS) is 18.3. The number of carboxylic acid groups (broad SMARTS) is 1. The van der Waals surface area contributed by atoms with Crippen LogP contribution in [0.25, 0.3) is 10.1 Å². The molecule has 0 spiro atoms. The summed E-state index contributed by atoms with van der Waals surface area (Å²) in [5, 5.41) is 10.4. The van der Waals surface area contributed by atoms with Gasteiger partial charge in [0.15, 0.2) is 0 Å². The molecule has 1 amide bonds. The maximum absolute atomic E-state index is 13.4. The maximum Gasteiger partial charge on any atom is 0.326 e. The minimum atomic E-state index is -4.17. The average molecular weight is 473 g/mol. The van der Waals surface area contributed by atoms with Gasteiger partial charge in [0.25, 0.3) is 10.0 Å². The van der Waals surface area contributed by atoms with Crippen molar-refractivity contribution in [2.24, 2.45) is 0 Å². The van der Waals surface area contributed by atoms with E-state index in [2.05, 4.69) is 0 Å². The number of carbonyl (C=O) groups is 3. The van der Waals surface area contributed by atoms with Crippen LogP contribution in [0.3, 0.4) is 0 Å². The lowest BCUT2D eigenvalue weighted by atomic mass is 10.2. The van der Waals surface area contributed by atoms with Gasteiger partial charge in [0.1, 0.15) is 22.1 Å². The van der Waals surface area contributed by atoms with E-state index in [1.807, 2.05) is 0 Å². The van der Waals surface area contributed by atoms with Crippen LogP contribution in [-0.2, 0) is 24.4 Å². The van der Waals surface area contributed by atoms with Crippen LogP contribution in [0.2, 0.25) is 5.02 Å². The SMILES string of the molecule is CCC(=O)CN([C@H]1CCN([C@@H](C)C(=O)O)C1=O)S(=O)(=O)c1cc2ccc(Cl)cc2s1. The number of hydrogen-bond acceptors (Lipinski definition) is 6. The van der Waals surface area contributed by atoms with Crippen molar-refractivity contribution in [3.8, 4) is 0 Å². The molecule has 11 heteroatoms. The third-order valence-corrected chi connectivity index (χ3v) is 8.77. The summed E-state index contributed by atoms with van der Waals surface area (Å²) in [5.41, 5.74) is 0. The number of ketones is 1. The third kappa shape index (κ3) is 4.22. The molecule has 2 atom stereocenters. The summed E-state index contributed by atoms with van der Waals surface area (Å²) >= 11 is 7.00. The molecule has 2 aromatic rings. The number of fused-ring (bicyclic) bond motifs is 1. The number of sulfonamides is 1. The van der Waals surface area contributed by atoms with E-state index in [4.69, 9.17) is 11.6 Å². The van der Waals surface area contributed by atoms with Crippen LogP contribution in [0.4, 0.5) is 0 Å². The van der Waals surface area contributed by atoms with Gasteiger partial charge in [-0.25, -0.2) is 13.2 Å². The Morgan fingerprint density at radius 3 is 2.70 bits per heavy atom. The standard InChI is InChI=1S/C19H21ClN2O6S2/c1-3-14(23)10-22(15-6-7-21(18(15)24)11(2)19(25)26)30(27,28)17-8-12-4-5-13(20)9-16(12)29-17/h4-5,8-9,11,15H,3,6-7,10H2,1-2H3,(H,25,26)/t11-,15-/m0/s1. The van der Waals surface area contributed by atoms with Crippen LogP contribution in [0.15, 0.2) is 28.5 Å². The van der Waals surface area contributed by atoms with Crippen LogP contribution in [-0.4, -0.2) is 65.6 Å². The molecule has 1 aliphatic rings. The molecule has 1 aromatic carbocycles. The van der Waals surface area contributed by atoms with Crippen molar-refractivity contribution >= 4 is 60.7 Å². The van der Waals surface area contributed by atoms with Gasteiger partial charge in [0.2, 0.25) is 5.91 Å². The van der Waals surface area contributed by atoms with Gasteiger partial charge in [-0.2, -0.15) is 4.31 Å². The molecule has 0 bridgehead atoms. The number of likely N-dealkylation sites (tertiary alicyclic amines) is 1. The summed E-state index contributed by atoms with van der Waals surface area (Å²) in [6, 6.07) is 4.29. The monoisotopic (exact) mass is 472 g/mol. The van der Waals surface area contributed by atoms with E-state index in [-0.39, 0.29) is 29.4 Å². The summed E-state index contributed by atoms with van der Waals surface area (Å²) in [7, 11) is -4.17. The van der Waals surface area contributed by atoms with E-state index in [1.54, 1.807) is 25.1 Å². The van der Waals surface area contributed by atoms with Gasteiger partial charge in [-0.1, -0.05) is 24.6 Å². The Morgan fingerprint density at radius 2 is 2.07 bits per heavy atom. The number of Topliss-reactive ketones (excluding diaryl/α,β-unsaturated/α-hetero) is 1. The van der Waals surface area contributed by atoms with Crippen molar-refractivity contribution in [3.05, 3.63) is 29.3 Å². The lowest BCUT2D eigenvalue weighted by Crippen LogP contribution is -2.49. The minimum Gasteiger partial charge on any atom is -0.480 e. The van der Waals surface area contributed by atoms with Crippen molar-refractivity contribution in [1.82, 2.24) is 9.21 Å². The molecule has 1 N–H and O–H groups in total. The molecule has 3 rings (SSSR count). The Morgan fingerprint density at radius 1 is 1.37 bits per heavy atom. The quantitative estimate of drug-likeness (QED) is 0.632. The highest BCUT2D eigenvalue weighted by molar-refractivity contribution is 7.91. The Hall–Kier alpha value is -2.01. The molecule has 162 valence electrons. The number of hydrogen-bond donors (Lipinski definition) is 1. The Bertz CT molecular complexity index is 1110. The zero-order chi connectivity index (χ0) is 22.2. The highest BCUT2D eigenvalue weighted by Gasteiger charge is 2.45. The van der Waals surface area contributed by atoms with Crippen LogP contribution in [0.5, 0.6) is 0 Å². The van der Waals surface area contributed by atoms with Crippen LogP contribution in [0.1, 0.15) is 26.7 Å². The van der Waals surface area contributed by atoms with Gasteiger partial charge in [0, 0.05) is 22.7 Å². The van der Waals surface area contributed by atoms with Gasteiger partial charge >= 0.3 is 5.97 Å². The highest BCUT2D eigenvalue weighted by Crippen LogP contribution is 2.34. The van der Waals surface area contributed by atoms with Crippen molar-refractivity contribution in [3.63, 3.8) is 0 Å². The van der Waals surface area contributed by atoms with Gasteiger partial charge in [0.05, 0.1) is 6.54 Å². The number of nitrogens with zero attached hydrogens (tertiary/aromatic N) is 2. The molecular formula is C19H21ClN2O6S2. The lowest BCUT2D eigenvalue weighted by Gasteiger charge is -2.27. The number of thiophene rings is 1. The van der Waals surface area contributed by atoms with Gasteiger partial charge in [-0.15, -0.1) is 11.3 Å². The lowest BCUT2D eigenvalue weighted by molar-refractivity contribution is -0.148. The molecule has 1 aromatic heterocycles. The molecule has 8 nitrogen and oxygen atoms in total. The molecule has 2 heterocycles. The number of aliphatic carboxylic acids is 1. The summed E-state index contributed by atoms with van der Waals surface area (Å²) in [6.45, 7) is 2.64. The Labute approximate surface area is 183 Å². The molecule has 0 aliphatic carbocycles. The molecular weight excluding hydrogens is 452 g/mol. The van der Waals surface area contributed by atoms with E-state index < -0.39 is 40.5 Å². The van der Waals surface area contributed by atoms with Crippen LogP contribution < -0.4 is 0 Å². The van der Waals surface area contributed by atoms with Gasteiger partial charge in [-0.3, -0.25) is 9.59 Å². The number of carboxylic acids is 1. The molecule has 1 fully saturated rings. The van der Waals surface area contributed by atoms with Crippen molar-refractivity contribution in [2.45, 2.75) is 43.0 Å². The predicted molar refractivity (Wildman–Crippen MR) is 113 cm³/mol. The first-order chi connectivity index (χ1) is 14.1. The number of rotatable bonds is 8. The average Bonchev–Trinajstić information content (AvgIpc) is 3.28. The van der Waals surface area contributed by atoms with Crippen molar-refractivity contribution < 1.29 is 27.9 Å². The van der Waals surface area contributed by atoms with E-state index in [0.717, 1.165) is 20.5 Å². The maximum atomic E-state index is 13.4. The first-order valence-electron chi connectivity index (χ1n) is 9.32. The molecule has 1 saturated heterocycles. The molecule has 1 aliphatic heterocycles. The number of halogens is 1. The Balaban J connectivity index is 2.01. The molecule has 0 radical (unpaired) electrons. The van der Waals surface area contributed by atoms with E-state index in [1.165, 1.54) is 13.0 Å². The predicted octanol–water partition coefficient (Wildman–Crippen LogP) is 2.60. The molecule has 30 heavy (non-hydrogen) atoms. The number of benzene rings is 1. The smallest absolute Gasteiger partial charge is 0.326 e. The number of amides is 1.